The molecule has 0 aliphatic carbocycles. The van der Waals surface area contributed by atoms with Crippen LogP contribution in [-0.2, 0) is 23.3 Å². The predicted octanol–water partition coefficient (Wildman–Crippen LogP) is -0.167. The zero-order chi connectivity index (χ0) is 9.94. The van der Waals surface area contributed by atoms with Gasteiger partial charge >= 0.3 is 86.4 Å². The fraction of sp³-hybridized carbons (Fsp3) is 1.00. The molecule has 80 valence electrons. The summed E-state index contributed by atoms with van der Waals surface area (Å²) in [5.41, 5.74) is 0. The Bertz CT molecular complexity index is 84.1. The van der Waals surface area contributed by atoms with Crippen LogP contribution < -0.4 is 0 Å². The summed E-state index contributed by atoms with van der Waals surface area (Å²) in [6.07, 6.45) is 0. The van der Waals surface area contributed by atoms with Crippen LogP contribution in [0, 0.1) is 0 Å². The van der Waals surface area contributed by atoms with E-state index in [1.54, 1.807) is 0 Å². The summed E-state index contributed by atoms with van der Waals surface area (Å²) in [6, 6.07) is 0. The molecule has 0 aromatic heterocycles. The van der Waals surface area contributed by atoms with E-state index in [2.05, 4.69) is 0 Å². The van der Waals surface area contributed by atoms with Crippen molar-refractivity contribution in [1.82, 2.24) is 0 Å². The van der Waals surface area contributed by atoms with E-state index in [0.717, 1.165) is 0 Å². The van der Waals surface area contributed by atoms with Gasteiger partial charge in [-0.3, -0.25) is 0 Å². The molecule has 0 N–H and O–H groups in total. The first kappa shape index (κ1) is 13.6. The molecular formula is C6H15O6Sb. The van der Waals surface area contributed by atoms with Crippen LogP contribution in [0.2, 0.25) is 0 Å². The average molecular weight is 305 g/mol. The Labute approximate surface area is 86.6 Å². The van der Waals surface area contributed by atoms with Gasteiger partial charge < -0.3 is 0 Å². The maximum atomic E-state index is 5.15. The third kappa shape index (κ3) is 8.90. The molecule has 0 aliphatic rings. The third-order valence-electron chi connectivity index (χ3n) is 0.828. The van der Waals surface area contributed by atoms with E-state index >= 15 is 0 Å². The number of ether oxygens (including phenoxy) is 3. The molecule has 0 unspecified atom stereocenters. The van der Waals surface area contributed by atoms with Gasteiger partial charge in [0.05, 0.1) is 0 Å². The first-order chi connectivity index (χ1) is 6.35. The molecule has 0 spiro atoms. The number of rotatable bonds is 9. The number of methoxy groups -OCH3 is 3. The Morgan fingerprint density at radius 1 is 0.692 bits per heavy atom. The Kier molecular flexibility index (Phi) is 11.1. The fourth-order valence-electron chi connectivity index (χ4n) is 0.399. The molecule has 7 heteroatoms. The zero-order valence-electron chi connectivity index (χ0n) is 8.02. The summed E-state index contributed by atoms with van der Waals surface area (Å²) in [5.74, 6) is 0. The van der Waals surface area contributed by atoms with Crippen molar-refractivity contribution in [2.45, 2.75) is 0 Å². The van der Waals surface area contributed by atoms with Gasteiger partial charge in [0.25, 0.3) is 0 Å². The Morgan fingerprint density at radius 2 is 1.00 bits per heavy atom. The molecule has 0 saturated heterocycles. The van der Waals surface area contributed by atoms with Crippen molar-refractivity contribution < 1.29 is 23.3 Å². The van der Waals surface area contributed by atoms with Crippen molar-refractivity contribution in [2.24, 2.45) is 0 Å². The van der Waals surface area contributed by atoms with Crippen LogP contribution >= 0.6 is 0 Å². The summed E-state index contributed by atoms with van der Waals surface area (Å²) < 4.78 is 29.6. The standard InChI is InChI=1S/3C2H5O2.Sb/c3*1-4-2-3;/h3*2H2,1H3;/q3*-1;+3. The first-order valence-corrected chi connectivity index (χ1v) is 6.63. The molecule has 0 saturated carbocycles. The van der Waals surface area contributed by atoms with Gasteiger partial charge in [0, 0.05) is 0 Å². The van der Waals surface area contributed by atoms with Crippen LogP contribution in [-0.4, -0.2) is 63.2 Å². The number of hydrogen-bond acceptors (Lipinski definition) is 6. The quantitative estimate of drug-likeness (QED) is 0.436. The van der Waals surface area contributed by atoms with Gasteiger partial charge in [-0.2, -0.15) is 0 Å². The molecule has 0 bridgehead atoms. The molecule has 0 atom stereocenters. The third-order valence-corrected chi connectivity index (χ3v) is 3.54. The Morgan fingerprint density at radius 3 is 1.23 bits per heavy atom. The van der Waals surface area contributed by atoms with Gasteiger partial charge in [0.15, 0.2) is 0 Å². The zero-order valence-corrected chi connectivity index (χ0v) is 10.6. The van der Waals surface area contributed by atoms with Crippen LogP contribution in [0.3, 0.4) is 0 Å². The minimum absolute atomic E-state index is 0.163. The monoisotopic (exact) mass is 304 g/mol. The van der Waals surface area contributed by atoms with E-state index in [1.807, 2.05) is 0 Å². The average Bonchev–Trinajstić information content (AvgIpc) is 2.17. The van der Waals surface area contributed by atoms with Crippen molar-refractivity contribution in [3.05, 3.63) is 0 Å². The molecule has 0 amide bonds. The van der Waals surface area contributed by atoms with E-state index in [4.69, 9.17) is 23.3 Å². The van der Waals surface area contributed by atoms with Gasteiger partial charge in [0.1, 0.15) is 0 Å². The van der Waals surface area contributed by atoms with Crippen LogP contribution in [0.15, 0.2) is 0 Å². The van der Waals surface area contributed by atoms with Crippen molar-refractivity contribution >= 4 is 21.5 Å². The summed E-state index contributed by atoms with van der Waals surface area (Å²) >= 11 is -2.59. The van der Waals surface area contributed by atoms with Gasteiger partial charge in [-0.15, -0.1) is 0 Å². The SMILES string of the molecule is COC[O][Sb]([O]COC)[O]COC. The van der Waals surface area contributed by atoms with E-state index in [0.29, 0.717) is 0 Å². The normalized spacial score (nSPS) is 11.1. The number of hydrogen-bond donors (Lipinski definition) is 0. The molecule has 0 aromatic rings. The predicted molar refractivity (Wildman–Crippen MR) is 44.6 cm³/mol. The van der Waals surface area contributed by atoms with E-state index in [-0.39, 0.29) is 20.4 Å². The van der Waals surface area contributed by atoms with Crippen LogP contribution in [0.4, 0.5) is 0 Å². The van der Waals surface area contributed by atoms with Gasteiger partial charge in [-0.25, -0.2) is 0 Å². The van der Waals surface area contributed by atoms with Crippen LogP contribution in [0.1, 0.15) is 0 Å². The van der Waals surface area contributed by atoms with Crippen molar-refractivity contribution in [3.8, 4) is 0 Å². The summed E-state index contributed by atoms with van der Waals surface area (Å²) in [4.78, 5) is 0. The molecule has 0 heterocycles. The van der Waals surface area contributed by atoms with Crippen molar-refractivity contribution in [1.29, 1.82) is 0 Å². The van der Waals surface area contributed by atoms with E-state index in [9.17, 15) is 0 Å². The minimum atomic E-state index is -2.59. The molecule has 0 aliphatic heterocycles. The molecule has 0 rings (SSSR count). The van der Waals surface area contributed by atoms with Gasteiger partial charge in [0.2, 0.25) is 0 Å². The second-order valence-corrected chi connectivity index (χ2v) is 5.32. The van der Waals surface area contributed by atoms with Crippen LogP contribution in [0.25, 0.3) is 0 Å². The molecular weight excluding hydrogens is 290 g/mol. The first-order valence-electron chi connectivity index (χ1n) is 3.50. The second-order valence-electron chi connectivity index (χ2n) is 1.83. The van der Waals surface area contributed by atoms with Gasteiger partial charge in [-0.05, 0) is 0 Å². The van der Waals surface area contributed by atoms with Crippen molar-refractivity contribution in [2.75, 3.05) is 41.7 Å². The summed E-state index contributed by atoms with van der Waals surface area (Å²) in [5, 5.41) is 0. The summed E-state index contributed by atoms with van der Waals surface area (Å²) in [7, 11) is 4.60. The van der Waals surface area contributed by atoms with E-state index < -0.39 is 21.5 Å². The Hall–Kier alpha value is 0.578. The summed E-state index contributed by atoms with van der Waals surface area (Å²) in [6.45, 7) is 0.489. The topological polar surface area (TPSA) is 55.4 Å². The van der Waals surface area contributed by atoms with Crippen LogP contribution in [0.5, 0.6) is 0 Å². The Balaban J connectivity index is 3.47. The van der Waals surface area contributed by atoms with E-state index in [1.165, 1.54) is 21.3 Å². The maximum absolute atomic E-state index is 5.15. The van der Waals surface area contributed by atoms with Gasteiger partial charge in [-0.1, -0.05) is 0 Å². The molecule has 0 radical (unpaired) electrons. The molecule has 13 heavy (non-hydrogen) atoms. The molecule has 0 fully saturated rings. The molecule has 6 nitrogen and oxygen atoms in total. The van der Waals surface area contributed by atoms with Crippen molar-refractivity contribution in [3.63, 3.8) is 0 Å². The molecule has 0 aromatic carbocycles. The fourth-order valence-corrected chi connectivity index (χ4v) is 2.68. The second kappa shape index (κ2) is 10.7.